The van der Waals surface area contributed by atoms with Crippen molar-refractivity contribution in [1.82, 2.24) is 9.62 Å². The first-order valence-corrected chi connectivity index (χ1v) is 14.0. The standard InChI is InChI=1S/C26H33ClN2O4S/c1-3-26(4-2)17-23(22-7-5-6-8-24(22)33-26)28-25(30)20-13-15-29(16-14-20)34(31,32)18-19-9-11-21(27)12-10-19/h5-12,20,23H,3-4,13-18H2,1-2H3,(H,28,30). The molecule has 2 aromatic carbocycles. The first-order chi connectivity index (χ1) is 16.2. The molecule has 34 heavy (non-hydrogen) atoms. The predicted molar refractivity (Wildman–Crippen MR) is 134 cm³/mol. The van der Waals surface area contributed by atoms with E-state index < -0.39 is 10.0 Å². The van der Waals surface area contributed by atoms with Gasteiger partial charge in [0.1, 0.15) is 11.4 Å². The van der Waals surface area contributed by atoms with E-state index in [0.717, 1.165) is 30.6 Å². The number of sulfonamides is 1. The molecule has 1 unspecified atom stereocenters. The van der Waals surface area contributed by atoms with Crippen LogP contribution in [0.15, 0.2) is 48.5 Å². The molecule has 2 aliphatic heterocycles. The van der Waals surface area contributed by atoms with Gasteiger partial charge in [-0.15, -0.1) is 0 Å². The highest BCUT2D eigenvalue weighted by molar-refractivity contribution is 7.88. The van der Waals surface area contributed by atoms with Crippen LogP contribution in [0.5, 0.6) is 5.75 Å². The van der Waals surface area contributed by atoms with Gasteiger partial charge in [-0.2, -0.15) is 0 Å². The van der Waals surface area contributed by atoms with E-state index in [1.54, 1.807) is 24.3 Å². The van der Waals surface area contributed by atoms with Crippen molar-refractivity contribution in [3.63, 3.8) is 0 Å². The number of benzene rings is 2. The molecule has 6 nitrogen and oxygen atoms in total. The van der Waals surface area contributed by atoms with Crippen molar-refractivity contribution >= 4 is 27.5 Å². The summed E-state index contributed by atoms with van der Waals surface area (Å²) in [5, 5.41) is 3.85. The van der Waals surface area contributed by atoms with Gasteiger partial charge in [-0.05, 0) is 49.4 Å². The third kappa shape index (κ3) is 5.42. The first-order valence-electron chi connectivity index (χ1n) is 12.1. The summed E-state index contributed by atoms with van der Waals surface area (Å²) >= 11 is 5.90. The average Bonchev–Trinajstić information content (AvgIpc) is 2.85. The molecular formula is C26H33ClN2O4S. The topological polar surface area (TPSA) is 75.7 Å². The van der Waals surface area contributed by atoms with E-state index in [1.165, 1.54) is 4.31 Å². The summed E-state index contributed by atoms with van der Waals surface area (Å²) in [5.41, 5.74) is 1.43. The Bertz CT molecular complexity index is 1110. The average molecular weight is 505 g/mol. The van der Waals surface area contributed by atoms with Gasteiger partial charge < -0.3 is 10.1 Å². The summed E-state index contributed by atoms with van der Waals surface area (Å²) in [4.78, 5) is 13.2. The minimum absolute atomic E-state index is 0.00226. The van der Waals surface area contributed by atoms with Crippen LogP contribution in [0, 0.1) is 5.92 Å². The van der Waals surface area contributed by atoms with Gasteiger partial charge in [0, 0.05) is 36.0 Å². The second-order valence-corrected chi connectivity index (χ2v) is 11.8. The van der Waals surface area contributed by atoms with Gasteiger partial charge in [-0.3, -0.25) is 4.79 Å². The molecule has 1 amide bonds. The molecule has 0 saturated carbocycles. The lowest BCUT2D eigenvalue weighted by atomic mass is 9.83. The number of carbonyl (C=O) groups excluding carboxylic acids is 1. The van der Waals surface area contributed by atoms with Gasteiger partial charge in [0.15, 0.2) is 0 Å². The molecule has 0 radical (unpaired) electrons. The lowest BCUT2D eigenvalue weighted by Crippen LogP contribution is -2.47. The molecule has 184 valence electrons. The van der Waals surface area contributed by atoms with Crippen molar-refractivity contribution in [1.29, 1.82) is 0 Å². The maximum absolute atomic E-state index is 13.2. The largest absolute Gasteiger partial charge is 0.487 e. The number of piperidine rings is 1. The Morgan fingerprint density at radius 3 is 2.38 bits per heavy atom. The summed E-state index contributed by atoms with van der Waals surface area (Å²) < 4.78 is 33.6. The van der Waals surface area contributed by atoms with E-state index in [9.17, 15) is 13.2 Å². The van der Waals surface area contributed by atoms with Crippen molar-refractivity contribution < 1.29 is 17.9 Å². The smallest absolute Gasteiger partial charge is 0.223 e. The molecule has 1 atom stereocenters. The monoisotopic (exact) mass is 504 g/mol. The number of nitrogens with zero attached hydrogens (tertiary/aromatic N) is 1. The number of nitrogens with one attached hydrogen (secondary N) is 1. The third-order valence-corrected chi connectivity index (χ3v) is 9.38. The van der Waals surface area contributed by atoms with E-state index in [-0.39, 0.29) is 29.2 Å². The second kappa shape index (κ2) is 10.3. The molecule has 2 aliphatic rings. The third-order valence-electron chi connectivity index (χ3n) is 7.28. The van der Waals surface area contributed by atoms with Gasteiger partial charge >= 0.3 is 0 Å². The minimum atomic E-state index is -3.45. The van der Waals surface area contributed by atoms with Crippen LogP contribution in [0.3, 0.4) is 0 Å². The molecule has 0 spiro atoms. The SMILES string of the molecule is CCC1(CC)CC(NC(=O)C2CCN(S(=O)(=O)Cc3ccc(Cl)cc3)CC2)c2ccccc2O1. The van der Waals surface area contributed by atoms with Crippen LogP contribution >= 0.6 is 11.6 Å². The predicted octanol–water partition coefficient (Wildman–Crippen LogP) is 5.08. The van der Waals surface area contributed by atoms with Crippen molar-refractivity contribution in [2.24, 2.45) is 5.92 Å². The van der Waals surface area contributed by atoms with E-state index in [4.69, 9.17) is 16.3 Å². The van der Waals surface area contributed by atoms with Crippen molar-refractivity contribution in [3.05, 3.63) is 64.7 Å². The van der Waals surface area contributed by atoms with Crippen LogP contribution in [-0.4, -0.2) is 37.3 Å². The molecule has 0 aliphatic carbocycles. The summed E-state index contributed by atoms with van der Waals surface area (Å²) in [7, 11) is -3.45. The number of amides is 1. The van der Waals surface area contributed by atoms with E-state index >= 15 is 0 Å². The van der Waals surface area contributed by atoms with Crippen molar-refractivity contribution in [2.45, 2.75) is 63.3 Å². The van der Waals surface area contributed by atoms with Gasteiger partial charge in [0.05, 0.1) is 11.8 Å². The molecule has 4 rings (SSSR count). The molecule has 0 bridgehead atoms. The Kier molecular flexibility index (Phi) is 7.55. The van der Waals surface area contributed by atoms with E-state index in [1.807, 2.05) is 24.3 Å². The highest BCUT2D eigenvalue weighted by Gasteiger charge is 2.40. The number of hydrogen-bond donors (Lipinski definition) is 1. The quantitative estimate of drug-likeness (QED) is 0.570. The van der Waals surface area contributed by atoms with Crippen LogP contribution < -0.4 is 10.1 Å². The fourth-order valence-electron chi connectivity index (χ4n) is 5.00. The Labute approximate surface area is 207 Å². The lowest BCUT2D eigenvalue weighted by Gasteiger charge is -2.42. The highest BCUT2D eigenvalue weighted by atomic mass is 35.5. The fraction of sp³-hybridized carbons (Fsp3) is 0.500. The fourth-order valence-corrected chi connectivity index (χ4v) is 6.69. The number of halogens is 1. The zero-order chi connectivity index (χ0) is 24.3. The number of hydrogen-bond acceptors (Lipinski definition) is 4. The second-order valence-electron chi connectivity index (χ2n) is 9.35. The Morgan fingerprint density at radius 2 is 1.74 bits per heavy atom. The maximum Gasteiger partial charge on any atom is 0.223 e. The zero-order valence-corrected chi connectivity index (χ0v) is 21.4. The molecular weight excluding hydrogens is 472 g/mol. The lowest BCUT2D eigenvalue weighted by molar-refractivity contribution is -0.127. The van der Waals surface area contributed by atoms with Crippen LogP contribution in [0.1, 0.15) is 63.1 Å². The van der Waals surface area contributed by atoms with E-state index in [0.29, 0.717) is 36.5 Å². The Morgan fingerprint density at radius 1 is 1.09 bits per heavy atom. The normalized spacial score (nSPS) is 20.9. The molecule has 8 heteroatoms. The minimum Gasteiger partial charge on any atom is -0.487 e. The van der Waals surface area contributed by atoms with Gasteiger partial charge in [0.25, 0.3) is 0 Å². The summed E-state index contributed by atoms with van der Waals surface area (Å²) in [5.74, 6) is 0.578. The molecule has 1 N–H and O–H groups in total. The summed E-state index contributed by atoms with van der Waals surface area (Å²) in [6.45, 7) is 4.95. The van der Waals surface area contributed by atoms with Crippen molar-refractivity contribution in [2.75, 3.05) is 13.1 Å². The van der Waals surface area contributed by atoms with Gasteiger partial charge in [0.2, 0.25) is 15.9 Å². The molecule has 1 fully saturated rings. The first kappa shape index (κ1) is 25.0. The number of rotatable bonds is 7. The number of para-hydroxylation sites is 1. The summed E-state index contributed by atoms with van der Waals surface area (Å²) in [6, 6.07) is 14.7. The van der Waals surface area contributed by atoms with Crippen LogP contribution in [0.4, 0.5) is 0 Å². The highest BCUT2D eigenvalue weighted by Crippen LogP contribution is 2.42. The van der Waals surface area contributed by atoms with Crippen molar-refractivity contribution in [3.8, 4) is 5.75 Å². The molecule has 1 saturated heterocycles. The summed E-state index contributed by atoms with van der Waals surface area (Å²) in [6.07, 6.45) is 3.51. The number of carbonyl (C=O) groups is 1. The Balaban J connectivity index is 1.38. The van der Waals surface area contributed by atoms with E-state index in [2.05, 4.69) is 19.2 Å². The molecule has 2 aromatic rings. The van der Waals surface area contributed by atoms with Gasteiger partial charge in [-0.25, -0.2) is 12.7 Å². The number of ether oxygens (including phenoxy) is 1. The number of fused-ring (bicyclic) bond motifs is 1. The van der Waals surface area contributed by atoms with Crippen LogP contribution in [0.2, 0.25) is 5.02 Å². The zero-order valence-electron chi connectivity index (χ0n) is 19.8. The Hall–Kier alpha value is -2.09. The van der Waals surface area contributed by atoms with Crippen LogP contribution in [0.25, 0.3) is 0 Å². The maximum atomic E-state index is 13.2. The molecule has 0 aromatic heterocycles. The van der Waals surface area contributed by atoms with Gasteiger partial charge in [-0.1, -0.05) is 55.8 Å². The molecule has 2 heterocycles. The van der Waals surface area contributed by atoms with Crippen LogP contribution in [-0.2, 0) is 20.6 Å².